The number of anilines is 2. The van der Waals surface area contributed by atoms with E-state index in [2.05, 4.69) is 20.2 Å². The number of aromatic amines is 1. The molecular weight excluding hydrogens is 447 g/mol. The number of fused-ring (bicyclic) bond motifs is 1. The van der Waals surface area contributed by atoms with Crippen LogP contribution in [0.5, 0.6) is 0 Å². The molecule has 0 saturated carbocycles. The summed E-state index contributed by atoms with van der Waals surface area (Å²) >= 11 is 12.5. The van der Waals surface area contributed by atoms with Gasteiger partial charge in [0.15, 0.2) is 5.65 Å². The molecule has 2 aromatic heterocycles. The van der Waals surface area contributed by atoms with Crippen molar-refractivity contribution in [1.82, 2.24) is 20.2 Å². The fourth-order valence-electron chi connectivity index (χ4n) is 3.09. The number of aromatic nitrogens is 4. The van der Waals surface area contributed by atoms with Gasteiger partial charge < -0.3 is 4.90 Å². The Morgan fingerprint density at radius 2 is 1.83 bits per heavy atom. The molecule has 8 nitrogen and oxygen atoms in total. The Morgan fingerprint density at radius 3 is 2.53 bits per heavy atom. The molecule has 3 N–H and O–H groups in total. The fourth-order valence-corrected chi connectivity index (χ4v) is 4.12. The Balaban J connectivity index is 1.70. The van der Waals surface area contributed by atoms with Crippen LogP contribution in [0.3, 0.4) is 0 Å². The summed E-state index contributed by atoms with van der Waals surface area (Å²) in [6, 6.07) is 11.7. The lowest BCUT2D eigenvalue weighted by Crippen LogP contribution is -2.22. The predicted molar refractivity (Wildman–Crippen MR) is 117 cm³/mol. The van der Waals surface area contributed by atoms with Crippen molar-refractivity contribution in [1.29, 1.82) is 0 Å². The van der Waals surface area contributed by atoms with Crippen molar-refractivity contribution >= 4 is 55.8 Å². The average Bonchev–Trinajstić information content (AvgIpc) is 3.18. The van der Waals surface area contributed by atoms with Gasteiger partial charge in [-0.1, -0.05) is 35.3 Å². The second kappa shape index (κ2) is 8.19. The summed E-state index contributed by atoms with van der Waals surface area (Å²) in [5, 5.41) is 13.8. The lowest BCUT2D eigenvalue weighted by atomic mass is 10.1. The Bertz CT molecular complexity index is 1310. The Hall–Kier alpha value is -2.72. The first-order valence-corrected chi connectivity index (χ1v) is 11.1. The molecule has 0 atom stereocenters. The van der Waals surface area contributed by atoms with Crippen LogP contribution < -0.4 is 10.0 Å². The van der Waals surface area contributed by atoms with Crippen molar-refractivity contribution in [3.05, 3.63) is 70.6 Å². The minimum atomic E-state index is -3.73. The molecule has 0 aliphatic rings. The topological polar surface area (TPSA) is 118 Å². The fraction of sp³-hybridized carbons (Fsp3) is 0.105. The van der Waals surface area contributed by atoms with Gasteiger partial charge in [-0.2, -0.15) is 5.10 Å². The van der Waals surface area contributed by atoms with Gasteiger partial charge in [0.1, 0.15) is 12.1 Å². The number of nitrogens with one attached hydrogen (secondary N) is 1. The highest BCUT2D eigenvalue weighted by Crippen LogP contribution is 2.35. The molecule has 4 aromatic rings. The van der Waals surface area contributed by atoms with Crippen LogP contribution >= 0.6 is 23.2 Å². The van der Waals surface area contributed by atoms with Crippen molar-refractivity contribution in [2.75, 3.05) is 11.4 Å². The molecule has 154 valence electrons. The molecule has 2 aromatic carbocycles. The van der Waals surface area contributed by atoms with E-state index in [9.17, 15) is 8.42 Å². The molecule has 0 bridgehead atoms. The third-order valence-electron chi connectivity index (χ3n) is 4.56. The SMILES string of the molecule is NS(=O)(=O)c1ccc(CCN(c2ccc(Cl)cc2Cl)c2ncnc3[nH]ncc23)cc1. The van der Waals surface area contributed by atoms with Gasteiger partial charge in [0, 0.05) is 11.6 Å². The third kappa shape index (κ3) is 4.24. The predicted octanol–water partition coefficient (Wildman–Crippen LogP) is 3.69. The molecule has 0 aliphatic carbocycles. The average molecular weight is 463 g/mol. The monoisotopic (exact) mass is 462 g/mol. The summed E-state index contributed by atoms with van der Waals surface area (Å²) in [7, 11) is -3.73. The summed E-state index contributed by atoms with van der Waals surface area (Å²) in [4.78, 5) is 10.7. The van der Waals surface area contributed by atoms with Gasteiger partial charge in [0.05, 0.1) is 27.2 Å². The summed E-state index contributed by atoms with van der Waals surface area (Å²) in [6.45, 7) is 0.507. The highest BCUT2D eigenvalue weighted by atomic mass is 35.5. The zero-order chi connectivity index (χ0) is 21.3. The van der Waals surface area contributed by atoms with Gasteiger partial charge in [0.25, 0.3) is 0 Å². The maximum Gasteiger partial charge on any atom is 0.238 e. The van der Waals surface area contributed by atoms with Crippen LogP contribution in [-0.2, 0) is 16.4 Å². The van der Waals surface area contributed by atoms with E-state index in [-0.39, 0.29) is 4.90 Å². The molecule has 0 amide bonds. The van der Waals surface area contributed by atoms with Gasteiger partial charge in [-0.25, -0.2) is 23.5 Å². The number of nitrogens with two attached hydrogens (primary N) is 1. The van der Waals surface area contributed by atoms with Gasteiger partial charge in [-0.3, -0.25) is 5.10 Å². The molecule has 0 spiro atoms. The maximum atomic E-state index is 11.5. The van der Waals surface area contributed by atoms with E-state index in [0.29, 0.717) is 34.5 Å². The van der Waals surface area contributed by atoms with E-state index < -0.39 is 10.0 Å². The first-order chi connectivity index (χ1) is 14.3. The second-order valence-electron chi connectivity index (χ2n) is 6.52. The number of sulfonamides is 1. The third-order valence-corrected chi connectivity index (χ3v) is 6.03. The summed E-state index contributed by atoms with van der Waals surface area (Å²) in [5.74, 6) is 0.638. The summed E-state index contributed by atoms with van der Waals surface area (Å²) < 4.78 is 22.9. The van der Waals surface area contributed by atoms with Crippen LogP contribution in [0.25, 0.3) is 11.0 Å². The van der Waals surface area contributed by atoms with Gasteiger partial charge in [-0.15, -0.1) is 0 Å². The number of hydrogen-bond donors (Lipinski definition) is 2. The van der Waals surface area contributed by atoms with E-state index in [1.165, 1.54) is 18.5 Å². The number of nitrogens with zero attached hydrogens (tertiary/aromatic N) is 4. The van der Waals surface area contributed by atoms with E-state index in [1.807, 2.05) is 11.0 Å². The molecule has 30 heavy (non-hydrogen) atoms. The molecule has 11 heteroatoms. The number of halogens is 2. The smallest absolute Gasteiger partial charge is 0.238 e. The van der Waals surface area contributed by atoms with Crippen LogP contribution in [-0.4, -0.2) is 35.1 Å². The number of primary sulfonamides is 1. The number of benzene rings is 2. The summed E-state index contributed by atoms with van der Waals surface area (Å²) in [5.41, 5.74) is 2.26. The normalized spacial score (nSPS) is 11.7. The first kappa shape index (κ1) is 20.5. The second-order valence-corrected chi connectivity index (χ2v) is 8.92. The molecule has 0 aliphatic heterocycles. The van der Waals surface area contributed by atoms with Crippen LogP contribution in [0.2, 0.25) is 10.0 Å². The minimum Gasteiger partial charge on any atom is -0.324 e. The van der Waals surface area contributed by atoms with E-state index in [1.54, 1.807) is 30.5 Å². The Kier molecular flexibility index (Phi) is 5.61. The zero-order valence-corrected chi connectivity index (χ0v) is 17.8. The molecule has 4 rings (SSSR count). The van der Waals surface area contributed by atoms with Crippen LogP contribution in [0, 0.1) is 0 Å². The summed E-state index contributed by atoms with van der Waals surface area (Å²) in [6.07, 6.45) is 3.70. The lowest BCUT2D eigenvalue weighted by molar-refractivity contribution is 0.598. The maximum absolute atomic E-state index is 11.5. The van der Waals surface area contributed by atoms with Crippen molar-refractivity contribution in [2.24, 2.45) is 5.14 Å². The van der Waals surface area contributed by atoms with E-state index in [0.717, 1.165) is 16.6 Å². The van der Waals surface area contributed by atoms with Crippen molar-refractivity contribution in [2.45, 2.75) is 11.3 Å². The molecule has 0 unspecified atom stereocenters. The Labute approximate surface area is 182 Å². The standard InChI is InChI=1S/C19H16Cl2N6O2S/c20-13-3-6-17(16(21)9-13)27(19-15-10-25-26-18(15)23-11-24-19)8-7-12-1-4-14(5-2-12)30(22,28)29/h1-6,9-11H,7-8H2,(H2,22,28,29)(H,23,24,25,26). The number of hydrogen-bond acceptors (Lipinski definition) is 6. The molecule has 0 saturated heterocycles. The highest BCUT2D eigenvalue weighted by molar-refractivity contribution is 7.89. The number of H-pyrrole nitrogens is 1. The van der Waals surface area contributed by atoms with Crippen LogP contribution in [0.1, 0.15) is 5.56 Å². The lowest BCUT2D eigenvalue weighted by Gasteiger charge is -2.25. The van der Waals surface area contributed by atoms with Crippen molar-refractivity contribution in [3.8, 4) is 0 Å². The largest absolute Gasteiger partial charge is 0.324 e. The van der Waals surface area contributed by atoms with Gasteiger partial charge in [-0.05, 0) is 42.3 Å². The quantitative estimate of drug-likeness (QED) is 0.450. The minimum absolute atomic E-state index is 0.0692. The van der Waals surface area contributed by atoms with E-state index in [4.69, 9.17) is 28.3 Å². The van der Waals surface area contributed by atoms with Crippen molar-refractivity contribution in [3.63, 3.8) is 0 Å². The van der Waals surface area contributed by atoms with Crippen molar-refractivity contribution < 1.29 is 8.42 Å². The molecular formula is C19H16Cl2N6O2S. The highest BCUT2D eigenvalue weighted by Gasteiger charge is 2.18. The van der Waals surface area contributed by atoms with Gasteiger partial charge >= 0.3 is 0 Å². The number of rotatable bonds is 6. The van der Waals surface area contributed by atoms with Crippen LogP contribution in [0.4, 0.5) is 11.5 Å². The first-order valence-electron chi connectivity index (χ1n) is 8.81. The Morgan fingerprint density at radius 1 is 1.07 bits per heavy atom. The van der Waals surface area contributed by atoms with Gasteiger partial charge in [0.2, 0.25) is 10.0 Å². The van der Waals surface area contributed by atoms with E-state index >= 15 is 0 Å². The molecule has 2 heterocycles. The van der Waals surface area contributed by atoms with Crippen LogP contribution in [0.15, 0.2) is 59.9 Å². The zero-order valence-electron chi connectivity index (χ0n) is 15.5. The molecule has 0 radical (unpaired) electrons. The molecule has 0 fully saturated rings.